The van der Waals surface area contributed by atoms with Crippen LogP contribution in [0.4, 0.5) is 0 Å². The molecule has 0 spiro atoms. The van der Waals surface area contributed by atoms with Gasteiger partial charge in [0, 0.05) is 32.0 Å². The summed E-state index contributed by atoms with van der Waals surface area (Å²) in [4.78, 5) is 26.5. The molecule has 22 heavy (non-hydrogen) atoms. The maximum absolute atomic E-state index is 12.2. The van der Waals surface area contributed by atoms with E-state index in [4.69, 9.17) is 0 Å². The molecule has 2 aliphatic rings. The summed E-state index contributed by atoms with van der Waals surface area (Å²) in [6.45, 7) is 5.47. The van der Waals surface area contributed by atoms with Crippen molar-refractivity contribution in [3.63, 3.8) is 0 Å². The first-order valence-electron chi connectivity index (χ1n) is 8.69. The highest BCUT2D eigenvalue weighted by Crippen LogP contribution is 2.25. The van der Waals surface area contributed by atoms with Gasteiger partial charge in [-0.15, -0.1) is 0 Å². The Morgan fingerprint density at radius 1 is 1.27 bits per heavy atom. The van der Waals surface area contributed by atoms with Crippen LogP contribution in [0.2, 0.25) is 0 Å². The van der Waals surface area contributed by atoms with Gasteiger partial charge in [-0.2, -0.15) is 0 Å². The minimum atomic E-state index is 0.118. The van der Waals surface area contributed by atoms with Gasteiger partial charge in [0.1, 0.15) is 0 Å². The molecule has 2 aliphatic heterocycles. The van der Waals surface area contributed by atoms with Crippen LogP contribution in [0.3, 0.4) is 0 Å². The number of carbonyl (C=O) groups excluding carboxylic acids is 2. The molecule has 0 bridgehead atoms. The second-order valence-electron chi connectivity index (χ2n) is 6.16. The number of carbonyl (C=O) groups is 2. The number of allylic oxidation sites excluding steroid dienone is 2. The van der Waals surface area contributed by atoms with Gasteiger partial charge in [-0.3, -0.25) is 9.59 Å². The summed E-state index contributed by atoms with van der Waals surface area (Å²) in [6, 6.07) is 0.163. The molecule has 0 saturated carbocycles. The van der Waals surface area contributed by atoms with Gasteiger partial charge < -0.3 is 15.5 Å². The smallest absolute Gasteiger partial charge is 0.222 e. The number of ketones is 1. The molecular formula is C17H29N3O2. The van der Waals surface area contributed by atoms with E-state index in [1.807, 2.05) is 6.92 Å². The summed E-state index contributed by atoms with van der Waals surface area (Å²) in [5, 5.41) is 6.46. The van der Waals surface area contributed by atoms with Crippen molar-refractivity contribution in [1.82, 2.24) is 15.5 Å². The molecule has 2 heterocycles. The predicted molar refractivity (Wildman–Crippen MR) is 87.5 cm³/mol. The molecule has 1 amide bonds. The van der Waals surface area contributed by atoms with E-state index in [0.29, 0.717) is 12.8 Å². The Hall–Kier alpha value is -1.36. The summed E-state index contributed by atoms with van der Waals surface area (Å²) in [6.07, 6.45) is 8.06. The summed E-state index contributed by atoms with van der Waals surface area (Å²) >= 11 is 0. The van der Waals surface area contributed by atoms with Gasteiger partial charge in [-0.25, -0.2) is 0 Å². The first kappa shape index (κ1) is 17.0. The van der Waals surface area contributed by atoms with Gasteiger partial charge in [0.05, 0.1) is 5.70 Å². The average Bonchev–Trinajstić information content (AvgIpc) is 2.54. The molecule has 1 atom stereocenters. The largest absolute Gasteiger partial charge is 0.365 e. The van der Waals surface area contributed by atoms with Gasteiger partial charge in [0.2, 0.25) is 5.91 Å². The molecule has 1 fully saturated rings. The SMILES string of the molecule is CCC(=O)C1=CCCC2CC(=O)NCCCCNCCCN12. The zero-order chi connectivity index (χ0) is 15.8. The van der Waals surface area contributed by atoms with E-state index in [9.17, 15) is 9.59 Å². The van der Waals surface area contributed by atoms with Crippen molar-refractivity contribution in [2.75, 3.05) is 26.2 Å². The number of nitrogens with one attached hydrogen (secondary N) is 2. The number of rotatable bonds is 2. The normalized spacial score (nSPS) is 25.0. The van der Waals surface area contributed by atoms with E-state index in [1.165, 1.54) is 0 Å². The molecule has 5 heteroatoms. The van der Waals surface area contributed by atoms with Crippen LogP contribution in [0, 0.1) is 0 Å². The molecule has 1 unspecified atom stereocenters. The summed E-state index contributed by atoms with van der Waals surface area (Å²) in [5.74, 6) is 0.315. The molecule has 2 rings (SSSR count). The highest BCUT2D eigenvalue weighted by Gasteiger charge is 2.28. The minimum absolute atomic E-state index is 0.118. The van der Waals surface area contributed by atoms with Crippen LogP contribution < -0.4 is 10.6 Å². The first-order valence-corrected chi connectivity index (χ1v) is 8.69. The predicted octanol–water partition coefficient (Wildman–Crippen LogP) is 1.59. The fourth-order valence-electron chi connectivity index (χ4n) is 3.24. The molecule has 124 valence electrons. The standard InChI is InChI=1S/C17H29N3O2/c1-2-16(21)15-8-5-7-14-13-17(22)19-11-4-3-9-18-10-6-12-20(14)15/h8,14,18H,2-7,9-13H2,1H3,(H,19,22). The Labute approximate surface area is 133 Å². The second-order valence-corrected chi connectivity index (χ2v) is 6.16. The fraction of sp³-hybridized carbons (Fsp3) is 0.765. The number of hydrogen-bond acceptors (Lipinski definition) is 4. The highest BCUT2D eigenvalue weighted by molar-refractivity contribution is 5.94. The Kier molecular flexibility index (Phi) is 6.90. The number of nitrogens with zero attached hydrogens (tertiary/aromatic N) is 1. The molecular weight excluding hydrogens is 278 g/mol. The van der Waals surface area contributed by atoms with Crippen LogP contribution in [0.25, 0.3) is 0 Å². The van der Waals surface area contributed by atoms with E-state index >= 15 is 0 Å². The van der Waals surface area contributed by atoms with Gasteiger partial charge >= 0.3 is 0 Å². The third-order valence-corrected chi connectivity index (χ3v) is 4.47. The zero-order valence-electron chi connectivity index (χ0n) is 13.7. The Morgan fingerprint density at radius 3 is 2.86 bits per heavy atom. The van der Waals surface area contributed by atoms with E-state index in [1.54, 1.807) is 0 Å². The molecule has 0 aliphatic carbocycles. The molecule has 5 nitrogen and oxygen atoms in total. The maximum atomic E-state index is 12.2. The van der Waals surface area contributed by atoms with Crippen LogP contribution in [0.1, 0.15) is 51.9 Å². The van der Waals surface area contributed by atoms with Crippen molar-refractivity contribution in [2.45, 2.75) is 57.9 Å². The van der Waals surface area contributed by atoms with Crippen LogP contribution in [-0.2, 0) is 9.59 Å². The van der Waals surface area contributed by atoms with Crippen LogP contribution >= 0.6 is 0 Å². The summed E-state index contributed by atoms with van der Waals surface area (Å²) in [5.41, 5.74) is 0.835. The van der Waals surface area contributed by atoms with E-state index in [2.05, 4.69) is 21.6 Å². The van der Waals surface area contributed by atoms with Gasteiger partial charge in [-0.05, 0) is 45.2 Å². The average molecular weight is 307 g/mol. The third kappa shape index (κ3) is 4.83. The zero-order valence-corrected chi connectivity index (χ0v) is 13.7. The Balaban J connectivity index is 2.09. The summed E-state index contributed by atoms with van der Waals surface area (Å²) < 4.78 is 0. The maximum Gasteiger partial charge on any atom is 0.222 e. The van der Waals surface area contributed by atoms with Crippen LogP contribution in [0.15, 0.2) is 11.8 Å². The lowest BCUT2D eigenvalue weighted by Crippen LogP contribution is -2.43. The van der Waals surface area contributed by atoms with E-state index < -0.39 is 0 Å². The summed E-state index contributed by atoms with van der Waals surface area (Å²) in [7, 11) is 0. The number of amides is 1. The van der Waals surface area contributed by atoms with Crippen molar-refractivity contribution in [3.8, 4) is 0 Å². The molecule has 2 N–H and O–H groups in total. The van der Waals surface area contributed by atoms with Crippen molar-refractivity contribution < 1.29 is 9.59 Å². The Morgan fingerprint density at radius 2 is 2.05 bits per heavy atom. The highest BCUT2D eigenvalue weighted by atomic mass is 16.1. The monoisotopic (exact) mass is 307 g/mol. The van der Waals surface area contributed by atoms with E-state index in [0.717, 1.165) is 64.0 Å². The number of Topliss-reactive ketones (excluding diaryl/α,β-unsaturated/α-hetero) is 1. The van der Waals surface area contributed by atoms with Gasteiger partial charge in [-0.1, -0.05) is 13.0 Å². The lowest BCUT2D eigenvalue weighted by atomic mass is 9.97. The molecule has 0 aromatic heterocycles. The molecule has 0 radical (unpaired) electrons. The van der Waals surface area contributed by atoms with Crippen molar-refractivity contribution in [1.29, 1.82) is 0 Å². The van der Waals surface area contributed by atoms with Crippen molar-refractivity contribution in [3.05, 3.63) is 11.8 Å². The minimum Gasteiger partial charge on any atom is -0.365 e. The quantitative estimate of drug-likeness (QED) is 0.813. The van der Waals surface area contributed by atoms with Crippen molar-refractivity contribution >= 4 is 11.7 Å². The van der Waals surface area contributed by atoms with Crippen LogP contribution in [0.5, 0.6) is 0 Å². The van der Waals surface area contributed by atoms with Gasteiger partial charge in [0.15, 0.2) is 5.78 Å². The van der Waals surface area contributed by atoms with Crippen LogP contribution in [-0.4, -0.2) is 48.8 Å². The third-order valence-electron chi connectivity index (χ3n) is 4.47. The van der Waals surface area contributed by atoms with E-state index in [-0.39, 0.29) is 17.7 Å². The molecule has 0 aromatic carbocycles. The lowest BCUT2D eigenvalue weighted by Gasteiger charge is -2.37. The van der Waals surface area contributed by atoms with Gasteiger partial charge in [0.25, 0.3) is 0 Å². The molecule has 0 aromatic rings. The molecule has 1 saturated heterocycles. The number of fused-ring (bicyclic) bond motifs is 1. The first-order chi connectivity index (χ1) is 10.7. The topological polar surface area (TPSA) is 61.4 Å². The fourth-order valence-corrected chi connectivity index (χ4v) is 3.24. The number of hydrogen-bond donors (Lipinski definition) is 2. The Bertz CT molecular complexity index is 420. The van der Waals surface area contributed by atoms with Crippen molar-refractivity contribution in [2.24, 2.45) is 0 Å². The second kappa shape index (κ2) is 8.93. The lowest BCUT2D eigenvalue weighted by molar-refractivity contribution is -0.123.